The summed E-state index contributed by atoms with van der Waals surface area (Å²) in [7, 11) is 0. The zero-order valence-corrected chi connectivity index (χ0v) is 16.9. The molecule has 4 nitrogen and oxygen atoms in total. The van der Waals surface area contributed by atoms with E-state index in [0.717, 1.165) is 50.1 Å². The molecular formula is C21H24N4S2. The number of hydrogen-bond donors (Lipinski definition) is 1. The highest BCUT2D eigenvalue weighted by Crippen LogP contribution is 2.16. The third kappa shape index (κ3) is 6.24. The van der Waals surface area contributed by atoms with E-state index >= 15 is 0 Å². The van der Waals surface area contributed by atoms with Gasteiger partial charge in [0.2, 0.25) is 0 Å². The highest BCUT2D eigenvalue weighted by Gasteiger charge is 2.18. The fraction of sp³-hybridized carbons (Fsp3) is 0.333. The molecule has 0 aliphatic carbocycles. The minimum absolute atomic E-state index is 0.713. The van der Waals surface area contributed by atoms with E-state index in [1.807, 2.05) is 42.1 Å². The van der Waals surface area contributed by atoms with Crippen LogP contribution < -0.4 is 5.32 Å². The van der Waals surface area contributed by atoms with Crippen LogP contribution in [0.2, 0.25) is 0 Å². The highest BCUT2D eigenvalue weighted by molar-refractivity contribution is 7.99. The summed E-state index contributed by atoms with van der Waals surface area (Å²) in [6, 6.07) is 20.5. The Hall–Kier alpha value is -2.07. The van der Waals surface area contributed by atoms with Gasteiger partial charge < -0.3 is 10.2 Å². The van der Waals surface area contributed by atoms with Crippen LogP contribution in [0.4, 0.5) is 0 Å². The molecule has 2 aromatic carbocycles. The summed E-state index contributed by atoms with van der Waals surface area (Å²) in [5, 5.41) is 13.1. The number of hydrogen-bond acceptors (Lipinski definition) is 4. The van der Waals surface area contributed by atoms with Gasteiger partial charge in [-0.15, -0.1) is 11.8 Å². The van der Waals surface area contributed by atoms with Gasteiger partial charge in [0.25, 0.3) is 0 Å². The molecule has 140 valence electrons. The Kier molecular flexibility index (Phi) is 7.52. The Balaban J connectivity index is 1.34. The maximum absolute atomic E-state index is 8.88. The van der Waals surface area contributed by atoms with Crippen molar-refractivity contribution in [3.05, 3.63) is 65.7 Å². The summed E-state index contributed by atoms with van der Waals surface area (Å²) in [5.41, 5.74) is 1.96. The number of nitriles is 1. The van der Waals surface area contributed by atoms with Crippen LogP contribution >= 0.6 is 24.0 Å². The summed E-state index contributed by atoms with van der Waals surface area (Å²) >= 11 is 7.40. The Morgan fingerprint density at radius 1 is 1.04 bits per heavy atom. The predicted molar refractivity (Wildman–Crippen MR) is 116 cm³/mol. The summed E-state index contributed by atoms with van der Waals surface area (Å²) in [5.74, 6) is 1.00. The number of rotatable bonds is 6. The van der Waals surface area contributed by atoms with Crippen molar-refractivity contribution in [2.45, 2.75) is 11.4 Å². The first kappa shape index (κ1) is 19.7. The first-order valence-electron chi connectivity index (χ1n) is 9.16. The van der Waals surface area contributed by atoms with Crippen molar-refractivity contribution in [3.63, 3.8) is 0 Å². The number of nitrogens with one attached hydrogen (secondary N) is 1. The lowest BCUT2D eigenvalue weighted by molar-refractivity contribution is 0.174. The van der Waals surface area contributed by atoms with Crippen LogP contribution in [-0.4, -0.2) is 53.4 Å². The summed E-state index contributed by atoms with van der Waals surface area (Å²) < 4.78 is 0. The van der Waals surface area contributed by atoms with Gasteiger partial charge in [0.05, 0.1) is 11.6 Å². The molecule has 27 heavy (non-hydrogen) atoms. The van der Waals surface area contributed by atoms with Crippen LogP contribution in [0.25, 0.3) is 0 Å². The smallest absolute Gasteiger partial charge is 0.169 e. The SMILES string of the molecule is N#Cc1ccc(CN2CCN(C(=S)NCCSc3ccccc3)CC2)cc1. The van der Waals surface area contributed by atoms with Gasteiger partial charge in [0.15, 0.2) is 5.11 Å². The first-order chi connectivity index (χ1) is 13.2. The molecule has 1 aliphatic rings. The normalized spacial score (nSPS) is 14.6. The van der Waals surface area contributed by atoms with Crippen LogP contribution in [0.15, 0.2) is 59.5 Å². The number of thioether (sulfide) groups is 1. The Labute approximate surface area is 171 Å². The molecule has 0 atom stereocenters. The van der Waals surface area contributed by atoms with Crippen LogP contribution in [-0.2, 0) is 6.54 Å². The molecule has 1 aliphatic heterocycles. The van der Waals surface area contributed by atoms with E-state index in [0.29, 0.717) is 5.56 Å². The molecular weight excluding hydrogens is 372 g/mol. The van der Waals surface area contributed by atoms with E-state index in [9.17, 15) is 0 Å². The molecule has 1 N–H and O–H groups in total. The van der Waals surface area contributed by atoms with Crippen molar-refractivity contribution in [2.24, 2.45) is 0 Å². The number of benzene rings is 2. The minimum atomic E-state index is 0.713. The van der Waals surface area contributed by atoms with Crippen LogP contribution in [0.3, 0.4) is 0 Å². The van der Waals surface area contributed by atoms with E-state index in [2.05, 4.69) is 45.5 Å². The average molecular weight is 397 g/mol. The Morgan fingerprint density at radius 3 is 2.41 bits per heavy atom. The molecule has 1 heterocycles. The molecule has 0 aromatic heterocycles. The Bertz CT molecular complexity index is 763. The summed E-state index contributed by atoms with van der Waals surface area (Å²) in [6.07, 6.45) is 0. The molecule has 0 unspecified atom stereocenters. The molecule has 3 rings (SSSR count). The second-order valence-electron chi connectivity index (χ2n) is 6.47. The summed E-state index contributed by atoms with van der Waals surface area (Å²) in [4.78, 5) is 5.99. The largest absolute Gasteiger partial charge is 0.362 e. The van der Waals surface area contributed by atoms with Gasteiger partial charge in [0.1, 0.15) is 0 Å². The highest BCUT2D eigenvalue weighted by atomic mass is 32.2. The fourth-order valence-corrected chi connectivity index (χ4v) is 4.08. The van der Waals surface area contributed by atoms with E-state index in [4.69, 9.17) is 17.5 Å². The van der Waals surface area contributed by atoms with Gasteiger partial charge >= 0.3 is 0 Å². The molecule has 1 fully saturated rings. The lowest BCUT2D eigenvalue weighted by atomic mass is 10.1. The second-order valence-corrected chi connectivity index (χ2v) is 8.02. The van der Waals surface area contributed by atoms with Crippen molar-refractivity contribution in [1.29, 1.82) is 5.26 Å². The van der Waals surface area contributed by atoms with Gasteiger partial charge in [-0.05, 0) is 42.0 Å². The maximum atomic E-state index is 8.88. The van der Waals surface area contributed by atoms with Gasteiger partial charge in [-0.3, -0.25) is 4.90 Å². The maximum Gasteiger partial charge on any atom is 0.169 e. The monoisotopic (exact) mass is 396 g/mol. The van der Waals surface area contributed by atoms with E-state index in [-0.39, 0.29) is 0 Å². The molecule has 1 saturated heterocycles. The molecule has 2 aromatic rings. The van der Waals surface area contributed by atoms with E-state index in [1.54, 1.807) is 0 Å². The zero-order chi connectivity index (χ0) is 18.9. The van der Waals surface area contributed by atoms with Gasteiger partial charge in [-0.25, -0.2) is 0 Å². The van der Waals surface area contributed by atoms with Crippen molar-refractivity contribution in [3.8, 4) is 6.07 Å². The van der Waals surface area contributed by atoms with Gasteiger partial charge in [-0.2, -0.15) is 5.26 Å². The molecule has 0 amide bonds. The van der Waals surface area contributed by atoms with E-state index in [1.165, 1.54) is 10.5 Å². The fourth-order valence-electron chi connectivity index (χ4n) is 3.01. The average Bonchev–Trinajstić information content (AvgIpc) is 2.73. The molecule has 6 heteroatoms. The number of piperazine rings is 1. The van der Waals surface area contributed by atoms with E-state index < -0.39 is 0 Å². The molecule has 0 radical (unpaired) electrons. The molecule has 0 spiro atoms. The van der Waals surface area contributed by atoms with Crippen molar-refractivity contribution < 1.29 is 0 Å². The molecule has 0 bridgehead atoms. The predicted octanol–water partition coefficient (Wildman–Crippen LogP) is 3.34. The van der Waals surface area contributed by atoms with Crippen LogP contribution in [0, 0.1) is 11.3 Å². The van der Waals surface area contributed by atoms with Gasteiger partial charge in [-0.1, -0.05) is 30.3 Å². The third-order valence-corrected chi connectivity index (χ3v) is 5.96. The van der Waals surface area contributed by atoms with Crippen molar-refractivity contribution in [1.82, 2.24) is 15.1 Å². The first-order valence-corrected chi connectivity index (χ1v) is 10.6. The Morgan fingerprint density at radius 2 is 1.74 bits per heavy atom. The second kappa shape index (κ2) is 10.3. The lowest BCUT2D eigenvalue weighted by Gasteiger charge is -2.36. The quantitative estimate of drug-likeness (QED) is 0.459. The van der Waals surface area contributed by atoms with Crippen LogP contribution in [0.1, 0.15) is 11.1 Å². The topological polar surface area (TPSA) is 42.3 Å². The standard InChI is InChI=1S/C21H24N4S2/c22-16-18-6-8-19(9-7-18)17-24-11-13-25(14-12-24)21(26)23-10-15-27-20-4-2-1-3-5-20/h1-9H,10-15,17H2,(H,23,26). The summed E-state index contributed by atoms with van der Waals surface area (Å²) in [6.45, 7) is 5.71. The number of thiocarbonyl (C=S) groups is 1. The minimum Gasteiger partial charge on any atom is -0.362 e. The van der Waals surface area contributed by atoms with Crippen LogP contribution in [0.5, 0.6) is 0 Å². The van der Waals surface area contributed by atoms with Crippen molar-refractivity contribution in [2.75, 3.05) is 38.5 Å². The van der Waals surface area contributed by atoms with Gasteiger partial charge in [0, 0.05) is 49.9 Å². The third-order valence-electron chi connectivity index (χ3n) is 4.54. The molecule has 0 saturated carbocycles. The number of nitrogens with zero attached hydrogens (tertiary/aromatic N) is 3. The zero-order valence-electron chi connectivity index (χ0n) is 15.3. The lowest BCUT2D eigenvalue weighted by Crippen LogP contribution is -2.51. The van der Waals surface area contributed by atoms with Crippen molar-refractivity contribution >= 4 is 29.1 Å².